The summed E-state index contributed by atoms with van der Waals surface area (Å²) in [6.45, 7) is 8.47. The van der Waals surface area contributed by atoms with Gasteiger partial charge >= 0.3 is 0 Å². The van der Waals surface area contributed by atoms with Gasteiger partial charge in [-0.2, -0.15) is 0 Å². The van der Waals surface area contributed by atoms with Gasteiger partial charge in [0.2, 0.25) is 0 Å². The molecular weight excluding hydrogens is 250 g/mol. The Hall–Kier alpha value is -0.860. The van der Waals surface area contributed by atoms with E-state index in [9.17, 15) is 0 Å². The molecule has 0 bridgehead atoms. The third-order valence-electron chi connectivity index (χ3n) is 2.75. The molecule has 0 unspecified atom stereocenters. The van der Waals surface area contributed by atoms with Crippen LogP contribution in [-0.2, 0) is 0 Å². The number of nitrogens with zero attached hydrogens (tertiary/aromatic N) is 1. The Balaban J connectivity index is 2.49. The van der Waals surface area contributed by atoms with Crippen LogP contribution >= 0.6 is 22.9 Å². The van der Waals surface area contributed by atoms with E-state index in [1.54, 1.807) is 11.3 Å². The number of benzene rings is 1. The lowest BCUT2D eigenvalue weighted by Gasteiger charge is -2.02. The van der Waals surface area contributed by atoms with Crippen molar-refractivity contribution in [3.05, 3.63) is 38.7 Å². The average Bonchev–Trinajstić information content (AvgIpc) is 2.65. The second kappa shape index (κ2) is 4.79. The predicted molar refractivity (Wildman–Crippen MR) is 76.1 cm³/mol. The van der Waals surface area contributed by atoms with Crippen molar-refractivity contribution in [3.8, 4) is 11.3 Å². The van der Waals surface area contributed by atoms with E-state index in [0.717, 1.165) is 21.8 Å². The van der Waals surface area contributed by atoms with Crippen molar-refractivity contribution >= 4 is 22.9 Å². The molecule has 0 radical (unpaired) electrons. The van der Waals surface area contributed by atoms with Gasteiger partial charge in [0.1, 0.15) is 0 Å². The fourth-order valence-corrected chi connectivity index (χ4v) is 2.80. The molecule has 1 aromatic heterocycles. The maximum absolute atomic E-state index is 6.16. The molecule has 1 aromatic carbocycles. The minimum atomic E-state index is 0.480. The standard InChI is InChI=1S/C14H16ClNS/c1-8(2)14-16-13(10(4)17-14)11-6-5-9(3)12(15)7-11/h5-8H,1-4H3. The van der Waals surface area contributed by atoms with Gasteiger partial charge in [-0.15, -0.1) is 11.3 Å². The summed E-state index contributed by atoms with van der Waals surface area (Å²) in [5, 5.41) is 2.00. The summed E-state index contributed by atoms with van der Waals surface area (Å²) in [4.78, 5) is 5.97. The zero-order valence-electron chi connectivity index (χ0n) is 10.5. The van der Waals surface area contributed by atoms with Crippen molar-refractivity contribution in [1.82, 2.24) is 4.98 Å². The lowest BCUT2D eigenvalue weighted by atomic mass is 10.1. The number of halogens is 1. The maximum atomic E-state index is 6.16. The molecule has 0 N–H and O–H groups in total. The first-order chi connectivity index (χ1) is 7.99. The first kappa shape index (κ1) is 12.6. The molecule has 90 valence electrons. The van der Waals surface area contributed by atoms with E-state index >= 15 is 0 Å². The largest absolute Gasteiger partial charge is 0.241 e. The second-order valence-corrected chi connectivity index (χ2v) is 6.22. The molecule has 0 saturated heterocycles. The van der Waals surface area contributed by atoms with Gasteiger partial charge in [-0.3, -0.25) is 0 Å². The third kappa shape index (κ3) is 2.53. The Morgan fingerprint density at radius 2 is 1.94 bits per heavy atom. The summed E-state index contributed by atoms with van der Waals surface area (Å²) in [6.07, 6.45) is 0. The highest BCUT2D eigenvalue weighted by atomic mass is 35.5. The number of thiazole rings is 1. The lowest BCUT2D eigenvalue weighted by Crippen LogP contribution is -1.86. The SMILES string of the molecule is Cc1ccc(-c2nc(C(C)C)sc2C)cc1Cl. The van der Waals surface area contributed by atoms with Crippen molar-refractivity contribution in [1.29, 1.82) is 0 Å². The third-order valence-corrected chi connectivity index (χ3v) is 4.43. The first-order valence-corrected chi connectivity index (χ1v) is 6.92. The van der Waals surface area contributed by atoms with Gasteiger partial charge < -0.3 is 0 Å². The Morgan fingerprint density at radius 1 is 1.24 bits per heavy atom. The molecule has 0 aliphatic carbocycles. The maximum Gasteiger partial charge on any atom is 0.0960 e. The Kier molecular flexibility index (Phi) is 3.55. The highest BCUT2D eigenvalue weighted by Crippen LogP contribution is 2.32. The molecule has 1 heterocycles. The normalized spacial score (nSPS) is 11.2. The molecule has 0 aliphatic heterocycles. The molecule has 0 saturated carbocycles. The number of hydrogen-bond donors (Lipinski definition) is 0. The van der Waals surface area contributed by atoms with Crippen LogP contribution in [0, 0.1) is 13.8 Å². The van der Waals surface area contributed by atoms with Crippen LogP contribution < -0.4 is 0 Å². The molecule has 17 heavy (non-hydrogen) atoms. The Bertz CT molecular complexity index is 543. The van der Waals surface area contributed by atoms with E-state index in [4.69, 9.17) is 16.6 Å². The van der Waals surface area contributed by atoms with E-state index < -0.39 is 0 Å². The van der Waals surface area contributed by atoms with Gasteiger partial charge in [0.05, 0.1) is 10.7 Å². The zero-order chi connectivity index (χ0) is 12.6. The van der Waals surface area contributed by atoms with Crippen LogP contribution in [0.3, 0.4) is 0 Å². The second-order valence-electron chi connectivity index (χ2n) is 4.58. The summed E-state index contributed by atoms with van der Waals surface area (Å²) < 4.78 is 0. The van der Waals surface area contributed by atoms with Crippen LogP contribution in [0.2, 0.25) is 5.02 Å². The summed E-state index contributed by atoms with van der Waals surface area (Å²) in [7, 11) is 0. The number of hydrogen-bond acceptors (Lipinski definition) is 2. The van der Waals surface area contributed by atoms with Gasteiger partial charge in [0.25, 0.3) is 0 Å². The fourth-order valence-electron chi connectivity index (χ4n) is 1.67. The van der Waals surface area contributed by atoms with Crippen LogP contribution in [0.1, 0.15) is 35.2 Å². The highest BCUT2D eigenvalue weighted by molar-refractivity contribution is 7.12. The van der Waals surface area contributed by atoms with Gasteiger partial charge in [-0.25, -0.2) is 4.98 Å². The van der Waals surface area contributed by atoms with Crippen LogP contribution in [0.15, 0.2) is 18.2 Å². The molecule has 3 heteroatoms. The van der Waals surface area contributed by atoms with Gasteiger partial charge in [-0.1, -0.05) is 37.6 Å². The van der Waals surface area contributed by atoms with Crippen LogP contribution in [0.5, 0.6) is 0 Å². The number of aromatic nitrogens is 1. The molecular formula is C14H16ClNS. The van der Waals surface area contributed by atoms with E-state index in [0.29, 0.717) is 5.92 Å². The van der Waals surface area contributed by atoms with Crippen molar-refractivity contribution in [2.24, 2.45) is 0 Å². The molecule has 0 fully saturated rings. The minimum absolute atomic E-state index is 0.480. The summed E-state index contributed by atoms with van der Waals surface area (Å²) >= 11 is 7.93. The van der Waals surface area contributed by atoms with E-state index in [2.05, 4.69) is 26.8 Å². The molecule has 0 atom stereocenters. The van der Waals surface area contributed by atoms with Crippen LogP contribution in [0.4, 0.5) is 0 Å². The minimum Gasteiger partial charge on any atom is -0.241 e. The molecule has 0 spiro atoms. The summed E-state index contributed by atoms with van der Waals surface area (Å²) in [5.74, 6) is 0.480. The van der Waals surface area contributed by atoms with Crippen molar-refractivity contribution < 1.29 is 0 Å². The monoisotopic (exact) mass is 265 g/mol. The van der Waals surface area contributed by atoms with Crippen molar-refractivity contribution in [2.75, 3.05) is 0 Å². The van der Waals surface area contributed by atoms with Crippen LogP contribution in [0.25, 0.3) is 11.3 Å². The molecule has 2 aromatic rings. The molecule has 1 nitrogen and oxygen atoms in total. The number of rotatable bonds is 2. The van der Waals surface area contributed by atoms with Gasteiger partial charge in [-0.05, 0) is 25.5 Å². The number of aryl methyl sites for hydroxylation is 2. The first-order valence-electron chi connectivity index (χ1n) is 5.73. The Morgan fingerprint density at radius 3 is 2.47 bits per heavy atom. The van der Waals surface area contributed by atoms with Crippen molar-refractivity contribution in [2.45, 2.75) is 33.6 Å². The fraction of sp³-hybridized carbons (Fsp3) is 0.357. The Labute approximate surface area is 111 Å². The summed E-state index contributed by atoms with van der Waals surface area (Å²) in [6, 6.07) is 6.14. The quantitative estimate of drug-likeness (QED) is 0.727. The molecule has 0 amide bonds. The summed E-state index contributed by atoms with van der Waals surface area (Å²) in [5.41, 5.74) is 3.29. The van der Waals surface area contributed by atoms with E-state index in [1.807, 2.05) is 19.1 Å². The van der Waals surface area contributed by atoms with Gasteiger partial charge in [0.15, 0.2) is 0 Å². The van der Waals surface area contributed by atoms with Gasteiger partial charge in [0, 0.05) is 21.4 Å². The average molecular weight is 266 g/mol. The smallest absolute Gasteiger partial charge is 0.0960 e. The van der Waals surface area contributed by atoms with E-state index in [-0.39, 0.29) is 0 Å². The highest BCUT2D eigenvalue weighted by Gasteiger charge is 2.12. The van der Waals surface area contributed by atoms with Crippen LogP contribution in [-0.4, -0.2) is 4.98 Å². The van der Waals surface area contributed by atoms with Crippen molar-refractivity contribution in [3.63, 3.8) is 0 Å². The van der Waals surface area contributed by atoms with E-state index in [1.165, 1.54) is 9.88 Å². The zero-order valence-corrected chi connectivity index (χ0v) is 12.1. The predicted octanol–water partition coefficient (Wildman–Crippen LogP) is 5.20. The molecule has 2 rings (SSSR count). The topological polar surface area (TPSA) is 12.9 Å². The molecule has 0 aliphatic rings. The lowest BCUT2D eigenvalue weighted by molar-refractivity contribution is 0.853.